The quantitative estimate of drug-likeness (QED) is 0.945. The van der Waals surface area contributed by atoms with Crippen LogP contribution in [0.15, 0.2) is 27.2 Å². The summed E-state index contributed by atoms with van der Waals surface area (Å²) in [6.45, 7) is 3.43. The van der Waals surface area contributed by atoms with Crippen molar-refractivity contribution < 1.29 is 14.0 Å². The van der Waals surface area contributed by atoms with Gasteiger partial charge < -0.3 is 9.63 Å². The summed E-state index contributed by atoms with van der Waals surface area (Å²) in [5, 5.41) is 13.3. The Labute approximate surface area is 112 Å². The lowest BCUT2D eigenvalue weighted by Crippen LogP contribution is -2.11. The third-order valence-electron chi connectivity index (χ3n) is 2.72. The first-order chi connectivity index (χ1) is 8.49. The molecule has 2 unspecified atom stereocenters. The molecule has 96 valence electrons. The van der Waals surface area contributed by atoms with Crippen molar-refractivity contribution in [2.45, 2.75) is 25.9 Å². The highest BCUT2D eigenvalue weighted by Gasteiger charge is 2.20. The summed E-state index contributed by atoms with van der Waals surface area (Å²) in [7, 11) is 0. The van der Waals surface area contributed by atoms with Crippen molar-refractivity contribution in [3.05, 3.63) is 34.4 Å². The van der Waals surface area contributed by atoms with E-state index in [4.69, 9.17) is 4.52 Å². The van der Waals surface area contributed by atoms with E-state index < -0.39 is 6.10 Å². The summed E-state index contributed by atoms with van der Waals surface area (Å²) in [5.41, 5.74) is 0.516. The largest absolute Gasteiger partial charge is 0.393 e. The van der Waals surface area contributed by atoms with Gasteiger partial charge in [0.05, 0.1) is 12.0 Å². The summed E-state index contributed by atoms with van der Waals surface area (Å²) in [6.07, 6.45) is -0.589. The van der Waals surface area contributed by atoms with Crippen molar-refractivity contribution in [3.8, 4) is 11.4 Å². The highest BCUT2D eigenvalue weighted by Crippen LogP contribution is 2.28. The van der Waals surface area contributed by atoms with Crippen LogP contribution in [0, 0.1) is 5.82 Å². The number of benzene rings is 1. The molecule has 0 spiro atoms. The van der Waals surface area contributed by atoms with Gasteiger partial charge in [0, 0.05) is 10.0 Å². The Morgan fingerprint density at radius 3 is 2.78 bits per heavy atom. The lowest BCUT2D eigenvalue weighted by molar-refractivity contribution is 0.151. The molecule has 2 aromatic rings. The van der Waals surface area contributed by atoms with Gasteiger partial charge in [0.25, 0.3) is 0 Å². The van der Waals surface area contributed by atoms with E-state index in [0.717, 1.165) is 0 Å². The number of halogens is 2. The van der Waals surface area contributed by atoms with Crippen LogP contribution in [0.4, 0.5) is 4.39 Å². The van der Waals surface area contributed by atoms with Crippen LogP contribution in [-0.2, 0) is 0 Å². The van der Waals surface area contributed by atoms with Crippen molar-refractivity contribution in [1.82, 2.24) is 10.1 Å². The highest BCUT2D eigenvalue weighted by molar-refractivity contribution is 9.10. The second-order valence-electron chi connectivity index (χ2n) is 4.11. The zero-order chi connectivity index (χ0) is 13.3. The predicted molar refractivity (Wildman–Crippen MR) is 67.5 cm³/mol. The number of hydrogen-bond acceptors (Lipinski definition) is 4. The normalized spacial score (nSPS) is 14.5. The first-order valence-electron chi connectivity index (χ1n) is 5.46. The molecule has 1 aromatic carbocycles. The standard InChI is InChI=1S/C12H12BrFN2O2/c1-6(7(2)17)12-15-11(16-18-12)9-5-8(14)3-4-10(9)13/h3-7,17H,1-2H3. The Balaban J connectivity index is 2.38. The van der Waals surface area contributed by atoms with E-state index in [2.05, 4.69) is 26.1 Å². The molecule has 1 N–H and O–H groups in total. The Morgan fingerprint density at radius 2 is 2.11 bits per heavy atom. The van der Waals surface area contributed by atoms with Crippen LogP contribution in [0.1, 0.15) is 25.7 Å². The van der Waals surface area contributed by atoms with Crippen LogP contribution in [0.25, 0.3) is 11.4 Å². The van der Waals surface area contributed by atoms with Crippen LogP contribution >= 0.6 is 15.9 Å². The van der Waals surface area contributed by atoms with E-state index in [9.17, 15) is 9.50 Å². The molecule has 0 amide bonds. The average molecular weight is 315 g/mol. The number of aliphatic hydroxyl groups is 1. The second kappa shape index (κ2) is 5.16. The van der Waals surface area contributed by atoms with Gasteiger partial charge in [-0.2, -0.15) is 4.98 Å². The minimum atomic E-state index is -0.589. The first kappa shape index (κ1) is 13.2. The fraction of sp³-hybridized carbons (Fsp3) is 0.333. The molecular formula is C12H12BrFN2O2. The Hall–Kier alpha value is -1.27. The predicted octanol–water partition coefficient (Wildman–Crippen LogP) is 3.12. The van der Waals surface area contributed by atoms with Crippen LogP contribution in [0.2, 0.25) is 0 Å². The molecule has 0 aliphatic carbocycles. The molecule has 0 radical (unpaired) electrons. The Morgan fingerprint density at radius 1 is 1.39 bits per heavy atom. The molecule has 0 saturated heterocycles. The third kappa shape index (κ3) is 2.59. The minimum Gasteiger partial charge on any atom is -0.393 e. The van der Waals surface area contributed by atoms with E-state index in [1.807, 2.05) is 0 Å². The van der Waals surface area contributed by atoms with Crippen molar-refractivity contribution in [3.63, 3.8) is 0 Å². The molecule has 0 aliphatic rings. The molecule has 0 fully saturated rings. The van der Waals surface area contributed by atoms with Gasteiger partial charge in [0.15, 0.2) is 0 Å². The molecule has 4 nitrogen and oxygen atoms in total. The average Bonchev–Trinajstić information content (AvgIpc) is 2.80. The van der Waals surface area contributed by atoms with Gasteiger partial charge in [-0.3, -0.25) is 0 Å². The van der Waals surface area contributed by atoms with Gasteiger partial charge in [-0.05, 0) is 25.1 Å². The smallest absolute Gasteiger partial charge is 0.232 e. The Bertz CT molecular complexity index is 557. The summed E-state index contributed by atoms with van der Waals surface area (Å²) < 4.78 is 18.9. The van der Waals surface area contributed by atoms with Crippen LogP contribution in [0.3, 0.4) is 0 Å². The van der Waals surface area contributed by atoms with Crippen LogP contribution < -0.4 is 0 Å². The third-order valence-corrected chi connectivity index (χ3v) is 3.42. The molecule has 6 heteroatoms. The number of aromatic nitrogens is 2. The van der Waals surface area contributed by atoms with Gasteiger partial charge in [0.1, 0.15) is 5.82 Å². The fourth-order valence-corrected chi connectivity index (χ4v) is 1.83. The van der Waals surface area contributed by atoms with Crippen molar-refractivity contribution in [2.75, 3.05) is 0 Å². The minimum absolute atomic E-state index is 0.265. The zero-order valence-electron chi connectivity index (χ0n) is 9.89. The van der Waals surface area contributed by atoms with E-state index in [-0.39, 0.29) is 11.7 Å². The molecule has 0 aliphatic heterocycles. The molecule has 1 aromatic heterocycles. The topological polar surface area (TPSA) is 59.2 Å². The van der Waals surface area contributed by atoms with Crippen molar-refractivity contribution in [2.24, 2.45) is 0 Å². The molecule has 18 heavy (non-hydrogen) atoms. The SMILES string of the molecule is CC(O)C(C)c1nc(-c2cc(F)ccc2Br)no1. The zero-order valence-corrected chi connectivity index (χ0v) is 11.5. The van der Waals surface area contributed by atoms with Gasteiger partial charge >= 0.3 is 0 Å². The molecule has 2 rings (SSSR count). The molecule has 0 saturated carbocycles. The monoisotopic (exact) mass is 314 g/mol. The van der Waals surface area contributed by atoms with E-state index in [0.29, 0.717) is 21.8 Å². The van der Waals surface area contributed by atoms with Gasteiger partial charge in [-0.15, -0.1) is 0 Å². The Kier molecular flexibility index (Phi) is 3.77. The number of hydrogen-bond donors (Lipinski definition) is 1. The van der Waals surface area contributed by atoms with E-state index >= 15 is 0 Å². The molecular weight excluding hydrogens is 303 g/mol. The van der Waals surface area contributed by atoms with Gasteiger partial charge in [0.2, 0.25) is 11.7 Å². The summed E-state index contributed by atoms with van der Waals surface area (Å²) >= 11 is 3.30. The molecule has 2 atom stereocenters. The van der Waals surface area contributed by atoms with Crippen LogP contribution in [-0.4, -0.2) is 21.4 Å². The van der Waals surface area contributed by atoms with Crippen LogP contribution in [0.5, 0.6) is 0 Å². The maximum Gasteiger partial charge on any atom is 0.232 e. The van der Waals surface area contributed by atoms with Crippen molar-refractivity contribution in [1.29, 1.82) is 0 Å². The maximum absolute atomic E-state index is 13.2. The second-order valence-corrected chi connectivity index (χ2v) is 4.96. The van der Waals surface area contributed by atoms with Gasteiger partial charge in [-0.1, -0.05) is 28.0 Å². The lowest BCUT2D eigenvalue weighted by Gasteiger charge is -2.08. The summed E-state index contributed by atoms with van der Waals surface area (Å²) in [6, 6.07) is 4.25. The first-order valence-corrected chi connectivity index (χ1v) is 6.25. The maximum atomic E-state index is 13.2. The lowest BCUT2D eigenvalue weighted by atomic mass is 10.1. The number of aliphatic hydroxyl groups excluding tert-OH is 1. The molecule has 0 bridgehead atoms. The van der Waals surface area contributed by atoms with E-state index in [1.165, 1.54) is 12.1 Å². The summed E-state index contributed by atoms with van der Waals surface area (Å²) in [5.74, 6) is -0.0123. The van der Waals surface area contributed by atoms with Crippen molar-refractivity contribution >= 4 is 15.9 Å². The van der Waals surface area contributed by atoms with Gasteiger partial charge in [-0.25, -0.2) is 4.39 Å². The highest BCUT2D eigenvalue weighted by atomic mass is 79.9. The number of rotatable bonds is 3. The summed E-state index contributed by atoms with van der Waals surface area (Å²) in [4.78, 5) is 4.17. The number of nitrogens with zero attached hydrogens (tertiary/aromatic N) is 2. The fourth-order valence-electron chi connectivity index (χ4n) is 1.40. The molecule has 1 heterocycles. The van der Waals surface area contributed by atoms with E-state index in [1.54, 1.807) is 19.9 Å².